The molecule has 4 heteroatoms. The van der Waals surface area contributed by atoms with E-state index in [2.05, 4.69) is 5.32 Å². The highest BCUT2D eigenvalue weighted by molar-refractivity contribution is 5.68. The molecule has 0 aromatic carbocycles. The average molecular weight is 268 g/mol. The number of ether oxygens (including phenoxy) is 1. The van der Waals surface area contributed by atoms with E-state index in [-0.39, 0.29) is 6.09 Å². The zero-order chi connectivity index (χ0) is 13.9. The smallest absolute Gasteiger partial charge is 0.410 e. The van der Waals surface area contributed by atoms with Crippen LogP contribution in [0.2, 0.25) is 0 Å². The summed E-state index contributed by atoms with van der Waals surface area (Å²) in [6.07, 6.45) is 7.03. The Morgan fingerprint density at radius 2 is 2.05 bits per heavy atom. The molecule has 19 heavy (non-hydrogen) atoms. The van der Waals surface area contributed by atoms with Crippen LogP contribution in [-0.4, -0.2) is 41.8 Å². The Hall–Kier alpha value is -0.770. The normalized spacial score (nSPS) is 28.5. The first-order valence-corrected chi connectivity index (χ1v) is 7.69. The van der Waals surface area contributed by atoms with Crippen molar-refractivity contribution in [2.24, 2.45) is 0 Å². The summed E-state index contributed by atoms with van der Waals surface area (Å²) in [5, 5.41) is 3.57. The molecule has 2 aliphatic rings. The van der Waals surface area contributed by atoms with Gasteiger partial charge in [-0.15, -0.1) is 0 Å². The van der Waals surface area contributed by atoms with Crippen molar-refractivity contribution in [2.75, 3.05) is 13.1 Å². The third-order valence-electron chi connectivity index (χ3n) is 3.97. The van der Waals surface area contributed by atoms with Crippen LogP contribution < -0.4 is 5.32 Å². The quantitative estimate of drug-likeness (QED) is 0.837. The molecular formula is C15H28N2O2. The number of hydrogen-bond donors (Lipinski definition) is 1. The largest absolute Gasteiger partial charge is 0.444 e. The van der Waals surface area contributed by atoms with Crippen LogP contribution in [-0.2, 0) is 4.74 Å². The highest BCUT2D eigenvalue weighted by atomic mass is 16.6. The molecule has 0 aliphatic carbocycles. The van der Waals surface area contributed by atoms with Gasteiger partial charge in [0, 0.05) is 18.6 Å². The van der Waals surface area contributed by atoms with Crippen molar-refractivity contribution in [1.29, 1.82) is 0 Å². The van der Waals surface area contributed by atoms with Gasteiger partial charge in [-0.05, 0) is 59.4 Å². The number of piperidine rings is 1. The predicted molar refractivity (Wildman–Crippen MR) is 76.2 cm³/mol. The van der Waals surface area contributed by atoms with E-state index in [1.54, 1.807) is 0 Å². The van der Waals surface area contributed by atoms with Crippen molar-refractivity contribution >= 4 is 6.09 Å². The average Bonchev–Trinajstić information content (AvgIpc) is 2.76. The number of nitrogens with zero attached hydrogens (tertiary/aromatic N) is 1. The Labute approximate surface area is 116 Å². The maximum Gasteiger partial charge on any atom is 0.410 e. The number of likely N-dealkylation sites (tertiary alicyclic amines) is 1. The number of amides is 1. The lowest BCUT2D eigenvalue weighted by atomic mass is 9.97. The van der Waals surface area contributed by atoms with Crippen LogP contribution in [0.4, 0.5) is 4.79 Å². The van der Waals surface area contributed by atoms with E-state index >= 15 is 0 Å². The van der Waals surface area contributed by atoms with Crippen molar-refractivity contribution in [3.8, 4) is 0 Å². The molecule has 2 unspecified atom stereocenters. The first-order valence-electron chi connectivity index (χ1n) is 7.69. The maximum absolute atomic E-state index is 12.2. The first kappa shape index (κ1) is 14.6. The van der Waals surface area contributed by atoms with E-state index in [0.29, 0.717) is 12.1 Å². The Kier molecular flexibility index (Phi) is 4.71. The minimum Gasteiger partial charge on any atom is -0.444 e. The van der Waals surface area contributed by atoms with E-state index in [9.17, 15) is 4.79 Å². The van der Waals surface area contributed by atoms with Crippen LogP contribution in [0.25, 0.3) is 0 Å². The Balaban J connectivity index is 1.87. The van der Waals surface area contributed by atoms with Gasteiger partial charge in [0.2, 0.25) is 0 Å². The molecule has 2 aliphatic heterocycles. The third-order valence-corrected chi connectivity index (χ3v) is 3.97. The van der Waals surface area contributed by atoms with Gasteiger partial charge in [-0.3, -0.25) is 0 Å². The SMILES string of the molecule is CC(C)(C)OC(=O)N1CCCC1CC1CCCCN1. The number of carbonyl (C=O) groups is 1. The molecule has 2 fully saturated rings. The molecule has 4 nitrogen and oxygen atoms in total. The van der Waals surface area contributed by atoms with Gasteiger partial charge in [0.1, 0.15) is 5.60 Å². The van der Waals surface area contributed by atoms with Crippen LogP contribution in [0, 0.1) is 0 Å². The first-order chi connectivity index (χ1) is 8.96. The Bertz CT molecular complexity index is 306. The molecule has 0 bridgehead atoms. The minimum atomic E-state index is -0.396. The standard InChI is InChI=1S/C15H28N2O2/c1-15(2,3)19-14(18)17-10-6-8-13(17)11-12-7-4-5-9-16-12/h12-13,16H,4-11H2,1-3H3. The molecule has 2 atom stereocenters. The van der Waals surface area contributed by atoms with Gasteiger partial charge < -0.3 is 15.0 Å². The zero-order valence-electron chi connectivity index (χ0n) is 12.6. The van der Waals surface area contributed by atoms with Crippen molar-refractivity contribution in [2.45, 2.75) is 77.0 Å². The fourth-order valence-electron chi connectivity index (χ4n) is 3.10. The maximum atomic E-state index is 12.2. The summed E-state index contributed by atoms with van der Waals surface area (Å²) in [5.41, 5.74) is -0.396. The van der Waals surface area contributed by atoms with Crippen molar-refractivity contribution in [3.63, 3.8) is 0 Å². The topological polar surface area (TPSA) is 41.6 Å². The fourth-order valence-corrected chi connectivity index (χ4v) is 3.10. The summed E-state index contributed by atoms with van der Waals surface area (Å²) in [4.78, 5) is 14.1. The van der Waals surface area contributed by atoms with Crippen LogP contribution in [0.5, 0.6) is 0 Å². The van der Waals surface area contributed by atoms with Gasteiger partial charge in [0.25, 0.3) is 0 Å². The highest BCUT2D eigenvalue weighted by Gasteiger charge is 2.33. The number of nitrogens with one attached hydrogen (secondary N) is 1. The number of carbonyl (C=O) groups excluding carboxylic acids is 1. The fraction of sp³-hybridized carbons (Fsp3) is 0.933. The van der Waals surface area contributed by atoms with Crippen LogP contribution in [0.3, 0.4) is 0 Å². The van der Waals surface area contributed by atoms with Crippen molar-refractivity contribution in [1.82, 2.24) is 10.2 Å². The molecule has 110 valence electrons. The summed E-state index contributed by atoms with van der Waals surface area (Å²) < 4.78 is 5.51. The lowest BCUT2D eigenvalue weighted by Gasteiger charge is -2.32. The predicted octanol–water partition coefficient (Wildman–Crippen LogP) is 2.92. The third kappa shape index (κ3) is 4.37. The monoisotopic (exact) mass is 268 g/mol. The molecule has 1 amide bonds. The lowest BCUT2D eigenvalue weighted by molar-refractivity contribution is 0.0211. The van der Waals surface area contributed by atoms with Gasteiger partial charge in [-0.2, -0.15) is 0 Å². The van der Waals surface area contributed by atoms with Crippen molar-refractivity contribution < 1.29 is 9.53 Å². The molecule has 0 aromatic rings. The molecule has 0 saturated carbocycles. The number of rotatable bonds is 2. The van der Waals surface area contributed by atoms with E-state index in [1.807, 2.05) is 25.7 Å². The summed E-state index contributed by atoms with van der Waals surface area (Å²) in [6, 6.07) is 0.951. The molecule has 2 heterocycles. The van der Waals surface area contributed by atoms with E-state index in [4.69, 9.17) is 4.74 Å². The lowest BCUT2D eigenvalue weighted by Crippen LogP contribution is -2.44. The van der Waals surface area contributed by atoms with Crippen LogP contribution in [0.15, 0.2) is 0 Å². The molecule has 0 spiro atoms. The molecule has 0 aromatic heterocycles. The van der Waals surface area contributed by atoms with Gasteiger partial charge in [0.15, 0.2) is 0 Å². The second kappa shape index (κ2) is 6.12. The van der Waals surface area contributed by atoms with Crippen LogP contribution >= 0.6 is 0 Å². The summed E-state index contributed by atoms with van der Waals surface area (Å²) in [5.74, 6) is 0. The van der Waals surface area contributed by atoms with Gasteiger partial charge in [0.05, 0.1) is 0 Å². The zero-order valence-corrected chi connectivity index (χ0v) is 12.6. The summed E-state index contributed by atoms with van der Waals surface area (Å²) in [6.45, 7) is 7.77. The van der Waals surface area contributed by atoms with E-state index < -0.39 is 5.60 Å². The van der Waals surface area contributed by atoms with Gasteiger partial charge in [-0.1, -0.05) is 6.42 Å². The van der Waals surface area contributed by atoms with E-state index in [1.165, 1.54) is 19.3 Å². The van der Waals surface area contributed by atoms with Crippen LogP contribution in [0.1, 0.15) is 59.3 Å². The second-order valence-electron chi connectivity index (χ2n) is 6.85. The molecule has 2 rings (SSSR count). The molecule has 2 saturated heterocycles. The summed E-state index contributed by atoms with van der Waals surface area (Å²) in [7, 11) is 0. The molecule has 0 radical (unpaired) electrons. The Morgan fingerprint density at radius 1 is 1.26 bits per heavy atom. The van der Waals surface area contributed by atoms with E-state index in [0.717, 1.165) is 32.4 Å². The molecule has 1 N–H and O–H groups in total. The van der Waals surface area contributed by atoms with Gasteiger partial charge in [-0.25, -0.2) is 4.79 Å². The minimum absolute atomic E-state index is 0.134. The highest BCUT2D eigenvalue weighted by Crippen LogP contribution is 2.25. The second-order valence-corrected chi connectivity index (χ2v) is 6.85. The summed E-state index contributed by atoms with van der Waals surface area (Å²) >= 11 is 0. The Morgan fingerprint density at radius 3 is 2.68 bits per heavy atom. The van der Waals surface area contributed by atoms with Gasteiger partial charge >= 0.3 is 6.09 Å². The number of hydrogen-bond acceptors (Lipinski definition) is 3. The molecular weight excluding hydrogens is 240 g/mol. The van der Waals surface area contributed by atoms with Crippen molar-refractivity contribution in [3.05, 3.63) is 0 Å².